The van der Waals surface area contributed by atoms with E-state index in [4.69, 9.17) is 11.6 Å². The van der Waals surface area contributed by atoms with Crippen LogP contribution in [0.5, 0.6) is 0 Å². The van der Waals surface area contributed by atoms with Gasteiger partial charge in [-0.2, -0.15) is 0 Å². The van der Waals surface area contributed by atoms with Crippen LogP contribution >= 0.6 is 22.9 Å². The number of hydrogen-bond donors (Lipinski definition) is 0. The Morgan fingerprint density at radius 2 is 2.46 bits per heavy atom. The molecule has 3 heteroatoms. The van der Waals surface area contributed by atoms with Crippen molar-refractivity contribution in [1.29, 1.82) is 0 Å². The second-order valence-corrected chi connectivity index (χ2v) is 5.16. The lowest BCUT2D eigenvalue weighted by molar-refractivity contribution is 0.108. The highest BCUT2D eigenvalue weighted by molar-refractivity contribution is 7.15. The van der Waals surface area contributed by atoms with Crippen molar-refractivity contribution in [1.82, 2.24) is 0 Å². The molecule has 1 aromatic heterocycles. The Kier molecular flexibility index (Phi) is 2.43. The van der Waals surface area contributed by atoms with Crippen LogP contribution in [0.2, 0.25) is 0 Å². The van der Waals surface area contributed by atoms with E-state index in [9.17, 15) is 4.79 Å². The number of aryl methyl sites for hydroxylation is 1. The van der Waals surface area contributed by atoms with Crippen molar-refractivity contribution in [2.45, 2.75) is 26.2 Å². The third kappa shape index (κ3) is 1.79. The molecule has 0 aliphatic heterocycles. The Balaban J connectivity index is 2.33. The molecule has 1 atom stereocenters. The molecular formula is C10H11ClOS. The van der Waals surface area contributed by atoms with Gasteiger partial charge in [-0.1, -0.05) is 6.92 Å². The fraction of sp³-hybridized carbons (Fsp3) is 0.500. The highest BCUT2D eigenvalue weighted by Crippen LogP contribution is 2.32. The molecule has 1 aromatic rings. The number of carbonyl (C=O) groups excluding carboxylic acids is 1. The maximum absolute atomic E-state index is 10.9. The molecule has 0 amide bonds. The van der Waals surface area contributed by atoms with Crippen LogP contribution in [0.4, 0.5) is 0 Å². The van der Waals surface area contributed by atoms with Crippen molar-refractivity contribution in [3.8, 4) is 0 Å². The van der Waals surface area contributed by atoms with E-state index in [1.807, 2.05) is 6.07 Å². The van der Waals surface area contributed by atoms with Gasteiger partial charge in [0.05, 0.1) is 4.88 Å². The maximum atomic E-state index is 10.9. The van der Waals surface area contributed by atoms with Crippen LogP contribution in [0.15, 0.2) is 6.07 Å². The number of fused-ring (bicyclic) bond motifs is 1. The van der Waals surface area contributed by atoms with Crippen molar-refractivity contribution in [2.24, 2.45) is 5.92 Å². The first-order chi connectivity index (χ1) is 6.16. The van der Waals surface area contributed by atoms with E-state index in [-0.39, 0.29) is 5.24 Å². The molecule has 2 rings (SSSR count). The number of carbonyl (C=O) groups is 1. The monoisotopic (exact) mass is 214 g/mol. The second-order valence-electron chi connectivity index (χ2n) is 3.68. The van der Waals surface area contributed by atoms with Gasteiger partial charge in [0.25, 0.3) is 5.24 Å². The lowest BCUT2D eigenvalue weighted by Crippen LogP contribution is -2.08. The van der Waals surface area contributed by atoms with E-state index < -0.39 is 0 Å². The zero-order chi connectivity index (χ0) is 9.42. The van der Waals surface area contributed by atoms with Crippen molar-refractivity contribution in [3.63, 3.8) is 0 Å². The first-order valence-corrected chi connectivity index (χ1v) is 5.67. The minimum Gasteiger partial charge on any atom is -0.275 e. The molecule has 1 nitrogen and oxygen atoms in total. The first-order valence-electron chi connectivity index (χ1n) is 4.48. The van der Waals surface area contributed by atoms with Gasteiger partial charge in [0.1, 0.15) is 0 Å². The number of hydrogen-bond acceptors (Lipinski definition) is 2. The Morgan fingerprint density at radius 3 is 3.15 bits per heavy atom. The molecule has 0 saturated heterocycles. The number of halogens is 1. The molecule has 1 heterocycles. The summed E-state index contributed by atoms with van der Waals surface area (Å²) in [5.41, 5.74) is 1.34. The summed E-state index contributed by atoms with van der Waals surface area (Å²) in [6, 6.07) is 1.96. The molecule has 13 heavy (non-hydrogen) atoms. The fourth-order valence-corrected chi connectivity index (χ4v) is 3.01. The average Bonchev–Trinajstić information content (AvgIpc) is 2.46. The van der Waals surface area contributed by atoms with E-state index in [1.165, 1.54) is 16.9 Å². The van der Waals surface area contributed by atoms with Gasteiger partial charge in [-0.15, -0.1) is 11.3 Å². The van der Waals surface area contributed by atoms with E-state index >= 15 is 0 Å². The summed E-state index contributed by atoms with van der Waals surface area (Å²) in [6.07, 6.45) is 3.46. The highest BCUT2D eigenvalue weighted by Gasteiger charge is 2.19. The van der Waals surface area contributed by atoms with Gasteiger partial charge in [-0.25, -0.2) is 0 Å². The van der Waals surface area contributed by atoms with Gasteiger partial charge in [0, 0.05) is 4.88 Å². The van der Waals surface area contributed by atoms with Gasteiger partial charge in [-0.05, 0) is 48.4 Å². The van der Waals surface area contributed by atoms with Gasteiger partial charge >= 0.3 is 0 Å². The summed E-state index contributed by atoms with van der Waals surface area (Å²) in [5, 5.41) is -0.313. The van der Waals surface area contributed by atoms with Crippen LogP contribution in [-0.4, -0.2) is 5.24 Å². The second kappa shape index (κ2) is 3.43. The fourth-order valence-electron chi connectivity index (χ4n) is 1.80. The lowest BCUT2D eigenvalue weighted by atomic mass is 9.90. The number of thiophene rings is 1. The summed E-state index contributed by atoms with van der Waals surface area (Å²) >= 11 is 6.99. The molecule has 0 spiro atoms. The van der Waals surface area contributed by atoms with Crippen LogP contribution in [-0.2, 0) is 12.8 Å². The largest absolute Gasteiger partial charge is 0.275 e. The van der Waals surface area contributed by atoms with Gasteiger partial charge < -0.3 is 0 Å². The van der Waals surface area contributed by atoms with Crippen LogP contribution in [0, 0.1) is 5.92 Å². The van der Waals surface area contributed by atoms with Gasteiger partial charge in [0.15, 0.2) is 0 Å². The van der Waals surface area contributed by atoms with E-state index in [1.54, 1.807) is 11.3 Å². The summed E-state index contributed by atoms with van der Waals surface area (Å²) in [7, 11) is 0. The normalized spacial score (nSPS) is 21.2. The predicted octanol–water partition coefficient (Wildman–Crippen LogP) is 3.25. The van der Waals surface area contributed by atoms with Crippen LogP contribution in [0.1, 0.15) is 33.5 Å². The Bertz CT molecular complexity index is 343. The topological polar surface area (TPSA) is 17.1 Å². The van der Waals surface area contributed by atoms with Crippen LogP contribution < -0.4 is 0 Å². The molecule has 1 aliphatic carbocycles. The van der Waals surface area contributed by atoms with Crippen LogP contribution in [0.3, 0.4) is 0 Å². The standard InChI is InChI=1S/C10H11ClOS/c1-6-2-3-8-7(4-6)5-9(13-8)10(11)12/h5-6H,2-4H2,1H3. The van der Waals surface area contributed by atoms with Gasteiger partial charge in [-0.3, -0.25) is 4.79 Å². The summed E-state index contributed by atoms with van der Waals surface area (Å²) in [5.74, 6) is 0.750. The molecular weight excluding hydrogens is 204 g/mol. The van der Waals surface area contributed by atoms with Crippen molar-refractivity contribution in [3.05, 3.63) is 21.4 Å². The summed E-state index contributed by atoms with van der Waals surface area (Å²) in [6.45, 7) is 2.25. The Labute approximate surface area is 86.7 Å². The van der Waals surface area contributed by atoms with E-state index in [0.717, 1.165) is 18.8 Å². The smallest absolute Gasteiger partial charge is 0.262 e. The molecule has 0 fully saturated rings. The minimum atomic E-state index is -0.313. The third-order valence-corrected chi connectivity index (χ3v) is 4.07. The number of rotatable bonds is 1. The summed E-state index contributed by atoms with van der Waals surface area (Å²) < 4.78 is 0. The third-order valence-electron chi connectivity index (χ3n) is 2.52. The van der Waals surface area contributed by atoms with Gasteiger partial charge in [0.2, 0.25) is 0 Å². The first kappa shape index (κ1) is 9.22. The van der Waals surface area contributed by atoms with Crippen molar-refractivity contribution >= 4 is 28.2 Å². The van der Waals surface area contributed by atoms with Crippen molar-refractivity contribution < 1.29 is 4.79 Å². The SMILES string of the molecule is CC1CCc2sc(C(=O)Cl)cc2C1. The lowest BCUT2D eigenvalue weighted by Gasteiger charge is -2.16. The van der Waals surface area contributed by atoms with E-state index in [0.29, 0.717) is 4.88 Å². The molecule has 0 bridgehead atoms. The molecule has 0 saturated carbocycles. The zero-order valence-corrected chi connectivity index (χ0v) is 9.04. The predicted molar refractivity (Wildman–Crippen MR) is 55.7 cm³/mol. The molecule has 1 aliphatic rings. The highest BCUT2D eigenvalue weighted by atomic mass is 35.5. The molecule has 0 N–H and O–H groups in total. The Hall–Kier alpha value is -0.340. The van der Waals surface area contributed by atoms with Crippen molar-refractivity contribution in [2.75, 3.05) is 0 Å². The van der Waals surface area contributed by atoms with E-state index in [2.05, 4.69) is 6.92 Å². The van der Waals surface area contributed by atoms with Crippen LogP contribution in [0.25, 0.3) is 0 Å². The average molecular weight is 215 g/mol. The maximum Gasteiger partial charge on any atom is 0.262 e. The quantitative estimate of drug-likeness (QED) is 0.656. The minimum absolute atomic E-state index is 0.313. The summed E-state index contributed by atoms with van der Waals surface area (Å²) in [4.78, 5) is 13.0. The molecule has 0 aromatic carbocycles. The molecule has 1 unspecified atom stereocenters. The molecule has 0 radical (unpaired) electrons. The Morgan fingerprint density at radius 1 is 1.69 bits per heavy atom. The molecule has 70 valence electrons. The zero-order valence-electron chi connectivity index (χ0n) is 7.47.